The molecule has 3 aliphatic heterocycles. The Morgan fingerprint density at radius 2 is 1.60 bits per heavy atom. The fourth-order valence-electron chi connectivity index (χ4n) is 5.07. The Morgan fingerprint density at radius 1 is 0.925 bits per heavy atom. The van der Waals surface area contributed by atoms with E-state index in [1.165, 1.54) is 22.2 Å². The number of hydrazone groups is 1. The third-order valence-electron chi connectivity index (χ3n) is 6.93. The van der Waals surface area contributed by atoms with Crippen molar-refractivity contribution in [1.29, 1.82) is 0 Å². The van der Waals surface area contributed by atoms with Gasteiger partial charge < -0.3 is 4.74 Å². The first-order valence-corrected chi connectivity index (χ1v) is 12.5. The minimum Gasteiger partial charge on any atom is -0.435 e. The van der Waals surface area contributed by atoms with Crippen LogP contribution in [0.1, 0.15) is 23.6 Å². The molecule has 0 radical (unpaired) electrons. The van der Waals surface area contributed by atoms with E-state index in [-0.39, 0.29) is 12.3 Å². The van der Waals surface area contributed by atoms with Crippen molar-refractivity contribution in [3.63, 3.8) is 0 Å². The van der Waals surface area contributed by atoms with Crippen molar-refractivity contribution in [3.05, 3.63) is 96.1 Å². The average molecular weight is 545 g/mol. The van der Waals surface area contributed by atoms with Gasteiger partial charge in [0.05, 0.1) is 17.4 Å². The zero-order chi connectivity index (χ0) is 27.8. The van der Waals surface area contributed by atoms with Crippen LogP contribution in [-0.2, 0) is 14.4 Å². The van der Waals surface area contributed by atoms with Gasteiger partial charge in [-0.1, -0.05) is 53.8 Å². The maximum Gasteiger partial charge on any atom is 0.387 e. The number of ether oxygens (including phenoxy) is 1. The van der Waals surface area contributed by atoms with Crippen LogP contribution >= 0.6 is 0 Å². The van der Waals surface area contributed by atoms with E-state index in [0.29, 0.717) is 23.4 Å². The first kappa shape index (κ1) is 25.3. The van der Waals surface area contributed by atoms with Gasteiger partial charge in [-0.25, -0.2) is 9.91 Å². The Labute approximate surface area is 227 Å². The van der Waals surface area contributed by atoms with Crippen LogP contribution in [0, 0.1) is 0 Å². The number of para-hydroxylation sites is 1. The second kappa shape index (κ2) is 10.3. The lowest BCUT2D eigenvalue weighted by Gasteiger charge is -2.25. The number of amides is 3. The van der Waals surface area contributed by atoms with Crippen molar-refractivity contribution >= 4 is 29.1 Å². The Balaban J connectivity index is 1.24. The van der Waals surface area contributed by atoms with Crippen LogP contribution in [0.4, 0.5) is 14.5 Å². The van der Waals surface area contributed by atoms with Gasteiger partial charge in [-0.05, 0) is 47.5 Å². The maximum atomic E-state index is 13.6. The van der Waals surface area contributed by atoms with Crippen LogP contribution in [0.25, 0.3) is 0 Å². The third-order valence-corrected chi connectivity index (χ3v) is 6.93. The minimum absolute atomic E-state index is 0.0131. The van der Waals surface area contributed by atoms with Crippen molar-refractivity contribution in [2.45, 2.75) is 31.2 Å². The zero-order valence-electron chi connectivity index (χ0n) is 20.9. The number of halogens is 2. The monoisotopic (exact) mass is 544 g/mol. The molecule has 202 valence electrons. The first-order valence-electron chi connectivity index (χ1n) is 12.5. The van der Waals surface area contributed by atoms with E-state index in [9.17, 15) is 23.2 Å². The molecule has 3 aliphatic rings. The Kier molecular flexibility index (Phi) is 6.50. The van der Waals surface area contributed by atoms with Gasteiger partial charge in [0.25, 0.3) is 17.7 Å². The molecule has 3 atom stereocenters. The van der Waals surface area contributed by atoms with Crippen molar-refractivity contribution in [1.82, 2.24) is 10.0 Å². The molecule has 12 heteroatoms. The quantitative estimate of drug-likeness (QED) is 0.419. The number of alkyl halides is 2. The van der Waals surface area contributed by atoms with Gasteiger partial charge in [0.15, 0.2) is 12.1 Å². The van der Waals surface area contributed by atoms with Gasteiger partial charge in [-0.2, -0.15) is 19.0 Å². The molecule has 0 saturated carbocycles. The molecule has 0 spiro atoms. The summed E-state index contributed by atoms with van der Waals surface area (Å²) in [6, 6.07) is 21.4. The summed E-state index contributed by atoms with van der Waals surface area (Å²) in [5.41, 5.74) is 2.50. The molecule has 0 unspecified atom stereocenters. The molecule has 0 aromatic heterocycles. The lowest BCUT2D eigenvalue weighted by Crippen LogP contribution is -2.44. The highest BCUT2D eigenvalue weighted by Crippen LogP contribution is 2.35. The summed E-state index contributed by atoms with van der Waals surface area (Å²) in [6.07, 6.45) is 0.373. The lowest BCUT2D eigenvalue weighted by molar-refractivity contribution is -0.135. The summed E-state index contributed by atoms with van der Waals surface area (Å²) < 4.78 is 29.5. The van der Waals surface area contributed by atoms with E-state index in [4.69, 9.17) is 0 Å². The number of carbonyl (C=O) groups is 3. The highest BCUT2D eigenvalue weighted by Gasteiger charge is 2.55. The van der Waals surface area contributed by atoms with Crippen LogP contribution in [0.15, 0.2) is 100 Å². The fraction of sp³-hybridized carbons (Fsp3) is 0.214. The Bertz CT molecular complexity index is 1500. The zero-order valence-corrected chi connectivity index (χ0v) is 20.9. The summed E-state index contributed by atoms with van der Waals surface area (Å²) in [5.74, 6) is -1.43. The fourth-order valence-corrected chi connectivity index (χ4v) is 5.07. The van der Waals surface area contributed by atoms with Crippen molar-refractivity contribution < 1.29 is 27.9 Å². The molecule has 3 heterocycles. The average Bonchev–Trinajstić information content (AvgIpc) is 3.65. The molecule has 40 heavy (non-hydrogen) atoms. The highest BCUT2D eigenvalue weighted by molar-refractivity contribution is 6.25. The van der Waals surface area contributed by atoms with E-state index < -0.39 is 42.5 Å². The number of benzene rings is 3. The van der Waals surface area contributed by atoms with E-state index in [1.807, 2.05) is 30.3 Å². The second-order valence-electron chi connectivity index (χ2n) is 9.36. The number of nitrogens with zero attached hydrogens (tertiary/aromatic N) is 6. The molecule has 3 aromatic carbocycles. The third kappa shape index (κ3) is 4.57. The Hall–Kier alpha value is -5.00. The smallest absolute Gasteiger partial charge is 0.387 e. The highest BCUT2D eigenvalue weighted by atomic mass is 19.3. The van der Waals surface area contributed by atoms with E-state index in [2.05, 4.69) is 20.2 Å². The number of carbonyl (C=O) groups excluding carboxylic acids is 3. The van der Waals surface area contributed by atoms with Crippen molar-refractivity contribution in [2.75, 3.05) is 11.4 Å². The molecular weight excluding hydrogens is 522 g/mol. The molecule has 3 aromatic rings. The number of imide groups is 1. The van der Waals surface area contributed by atoms with Gasteiger partial charge in [-0.3, -0.25) is 19.4 Å². The predicted octanol–water partition coefficient (Wildman–Crippen LogP) is 3.96. The SMILES string of the molecule is O=C1[C@@H]2[C@@H](N=NN2CC(=O)N2N=C(c3ccc(OC(F)F)cc3)C[C@H]2c2ccccc2)C(=O)N1c1ccccc1. The topological polar surface area (TPSA) is 107 Å². The molecular formula is C28H22F2N6O4. The predicted molar refractivity (Wildman–Crippen MR) is 138 cm³/mol. The summed E-state index contributed by atoms with van der Waals surface area (Å²) >= 11 is 0. The summed E-state index contributed by atoms with van der Waals surface area (Å²) in [6.45, 7) is -3.26. The van der Waals surface area contributed by atoms with Crippen LogP contribution in [-0.4, -0.2) is 58.7 Å². The molecule has 0 aliphatic carbocycles. The van der Waals surface area contributed by atoms with Crippen LogP contribution in [0.2, 0.25) is 0 Å². The van der Waals surface area contributed by atoms with E-state index in [1.54, 1.807) is 42.5 Å². The second-order valence-corrected chi connectivity index (χ2v) is 9.36. The maximum absolute atomic E-state index is 13.6. The molecule has 0 N–H and O–H groups in total. The van der Waals surface area contributed by atoms with Crippen LogP contribution < -0.4 is 9.64 Å². The molecule has 3 amide bonds. The van der Waals surface area contributed by atoms with E-state index >= 15 is 0 Å². The number of anilines is 1. The largest absolute Gasteiger partial charge is 0.435 e. The van der Waals surface area contributed by atoms with E-state index in [0.717, 1.165) is 10.5 Å². The van der Waals surface area contributed by atoms with Crippen LogP contribution in [0.5, 0.6) is 5.75 Å². The van der Waals surface area contributed by atoms with Crippen LogP contribution in [0.3, 0.4) is 0 Å². The molecule has 1 fully saturated rings. The summed E-state index contributed by atoms with van der Waals surface area (Å²) in [7, 11) is 0. The number of hydrogen-bond acceptors (Lipinski definition) is 8. The number of fused-ring (bicyclic) bond motifs is 1. The van der Waals surface area contributed by atoms with Crippen molar-refractivity contribution in [3.8, 4) is 5.75 Å². The standard InChI is InChI=1S/C28H22F2N6O4/c29-28(30)40-20-13-11-17(12-14-20)21-15-22(18-7-3-1-4-8-18)36(32-21)23(37)16-34-25-24(31-33-34)26(38)35(27(25)39)19-9-5-2-6-10-19/h1-14,22,24-25,28H,15-16H2/t22-,24+,25-/m0/s1. The van der Waals surface area contributed by atoms with Gasteiger partial charge in [0.1, 0.15) is 12.3 Å². The molecule has 10 nitrogen and oxygen atoms in total. The van der Waals surface area contributed by atoms with Crippen molar-refractivity contribution in [2.24, 2.45) is 15.4 Å². The number of hydrogen-bond donors (Lipinski definition) is 0. The van der Waals surface area contributed by atoms with Gasteiger partial charge in [-0.15, -0.1) is 0 Å². The van der Waals surface area contributed by atoms with Gasteiger partial charge in [0.2, 0.25) is 0 Å². The number of rotatable bonds is 7. The Morgan fingerprint density at radius 3 is 2.27 bits per heavy atom. The summed E-state index contributed by atoms with van der Waals surface area (Å²) in [4.78, 5) is 40.9. The van der Waals surface area contributed by atoms with Gasteiger partial charge in [0, 0.05) is 6.42 Å². The molecule has 0 bridgehead atoms. The molecule has 6 rings (SSSR count). The summed E-state index contributed by atoms with van der Waals surface area (Å²) in [5, 5.41) is 15.1. The van der Waals surface area contributed by atoms with Gasteiger partial charge >= 0.3 is 6.61 Å². The minimum atomic E-state index is -2.94. The normalized spacial score (nSPS) is 21.8. The lowest BCUT2D eigenvalue weighted by atomic mass is 9.98. The first-order chi connectivity index (χ1) is 19.4. The molecule has 1 saturated heterocycles.